The maximum Gasteiger partial charge on any atom is 0.336 e. The van der Waals surface area contributed by atoms with Gasteiger partial charge >= 0.3 is 5.63 Å². The molecule has 0 fully saturated rings. The molecule has 0 unspecified atom stereocenters. The predicted octanol–water partition coefficient (Wildman–Crippen LogP) is 3.26. The summed E-state index contributed by atoms with van der Waals surface area (Å²) >= 11 is 0. The topological polar surface area (TPSA) is 39.4 Å². The van der Waals surface area contributed by atoms with Gasteiger partial charge in [-0.15, -0.1) is 0 Å². The van der Waals surface area contributed by atoms with Crippen molar-refractivity contribution in [2.45, 2.75) is 6.92 Å². The molecule has 1 aromatic heterocycles. The van der Waals surface area contributed by atoms with Crippen LogP contribution >= 0.6 is 0 Å². The molecule has 0 spiro atoms. The molecule has 0 radical (unpaired) electrons. The molecule has 1 heterocycles. The van der Waals surface area contributed by atoms with Crippen LogP contribution < -0.4 is 10.4 Å². The number of fused-ring (bicyclic) bond motifs is 2. The van der Waals surface area contributed by atoms with Gasteiger partial charge in [0.25, 0.3) is 0 Å². The summed E-state index contributed by atoms with van der Waals surface area (Å²) in [4.78, 5) is 11.3. The molecule has 3 heteroatoms. The molecule has 90 valence electrons. The van der Waals surface area contributed by atoms with E-state index in [1.807, 2.05) is 25.1 Å². The Labute approximate surface area is 104 Å². The Kier molecular flexibility index (Phi) is 2.33. The van der Waals surface area contributed by atoms with Crippen molar-refractivity contribution < 1.29 is 9.15 Å². The SMILES string of the molecule is COc1c2ccc(C)cc2cc2ccc(=O)oc12. The summed E-state index contributed by atoms with van der Waals surface area (Å²) in [6, 6.07) is 11.3. The molecule has 0 aliphatic carbocycles. The Morgan fingerprint density at radius 2 is 1.89 bits per heavy atom. The highest BCUT2D eigenvalue weighted by Crippen LogP contribution is 2.34. The van der Waals surface area contributed by atoms with Crippen LogP contribution in [0.5, 0.6) is 5.75 Å². The lowest BCUT2D eigenvalue weighted by molar-refractivity contribution is 0.411. The summed E-state index contributed by atoms with van der Waals surface area (Å²) in [7, 11) is 1.58. The lowest BCUT2D eigenvalue weighted by Gasteiger charge is -2.09. The van der Waals surface area contributed by atoms with Gasteiger partial charge in [0.05, 0.1) is 7.11 Å². The van der Waals surface area contributed by atoms with Crippen molar-refractivity contribution in [2.75, 3.05) is 7.11 Å². The van der Waals surface area contributed by atoms with Gasteiger partial charge < -0.3 is 9.15 Å². The van der Waals surface area contributed by atoms with Gasteiger partial charge in [0.15, 0.2) is 11.3 Å². The van der Waals surface area contributed by atoms with E-state index in [9.17, 15) is 4.79 Å². The van der Waals surface area contributed by atoms with Crippen LogP contribution in [-0.2, 0) is 0 Å². The number of aryl methyl sites for hydroxylation is 1. The highest BCUT2D eigenvalue weighted by molar-refractivity contribution is 6.02. The van der Waals surface area contributed by atoms with Crippen LogP contribution in [0, 0.1) is 6.92 Å². The number of rotatable bonds is 1. The first-order valence-corrected chi connectivity index (χ1v) is 5.70. The Hall–Kier alpha value is -2.29. The van der Waals surface area contributed by atoms with Crippen molar-refractivity contribution in [3.8, 4) is 5.75 Å². The van der Waals surface area contributed by atoms with E-state index in [2.05, 4.69) is 6.07 Å². The van der Waals surface area contributed by atoms with E-state index >= 15 is 0 Å². The predicted molar refractivity (Wildman–Crippen MR) is 71.3 cm³/mol. The molecule has 0 saturated carbocycles. The average molecular weight is 240 g/mol. The zero-order valence-corrected chi connectivity index (χ0v) is 10.2. The van der Waals surface area contributed by atoms with E-state index in [1.54, 1.807) is 13.2 Å². The van der Waals surface area contributed by atoms with E-state index in [-0.39, 0.29) is 5.63 Å². The van der Waals surface area contributed by atoms with Gasteiger partial charge in [-0.2, -0.15) is 0 Å². The van der Waals surface area contributed by atoms with Crippen molar-refractivity contribution in [1.82, 2.24) is 0 Å². The van der Waals surface area contributed by atoms with E-state index in [4.69, 9.17) is 9.15 Å². The first-order chi connectivity index (χ1) is 8.69. The van der Waals surface area contributed by atoms with Crippen molar-refractivity contribution >= 4 is 21.7 Å². The molecule has 3 rings (SSSR count). The fourth-order valence-electron chi connectivity index (χ4n) is 2.22. The van der Waals surface area contributed by atoms with Crippen molar-refractivity contribution in [3.05, 3.63) is 52.4 Å². The molecule has 3 nitrogen and oxygen atoms in total. The molecule has 0 amide bonds. The summed E-state index contributed by atoms with van der Waals surface area (Å²) in [5, 5.41) is 2.89. The molecule has 0 N–H and O–H groups in total. The zero-order valence-electron chi connectivity index (χ0n) is 10.2. The van der Waals surface area contributed by atoms with Crippen LogP contribution in [0.2, 0.25) is 0 Å². The van der Waals surface area contributed by atoms with Crippen LogP contribution in [0.1, 0.15) is 5.56 Å². The average Bonchev–Trinajstić information content (AvgIpc) is 2.36. The molecule has 2 aromatic carbocycles. The maximum absolute atomic E-state index is 11.3. The third kappa shape index (κ3) is 1.56. The minimum absolute atomic E-state index is 0.368. The van der Waals surface area contributed by atoms with Gasteiger partial charge in [-0.25, -0.2) is 4.79 Å². The second-order valence-electron chi connectivity index (χ2n) is 4.31. The molecule has 0 aliphatic rings. The number of hydrogen-bond acceptors (Lipinski definition) is 3. The Balaban J connectivity index is 2.56. The third-order valence-electron chi connectivity index (χ3n) is 3.04. The van der Waals surface area contributed by atoms with Crippen LogP contribution in [0.15, 0.2) is 45.6 Å². The molecule has 0 atom stereocenters. The van der Waals surface area contributed by atoms with Gasteiger partial charge in [0.1, 0.15) is 0 Å². The number of hydrogen-bond donors (Lipinski definition) is 0. The second kappa shape index (κ2) is 3.88. The van der Waals surface area contributed by atoms with Gasteiger partial charge in [0.2, 0.25) is 0 Å². The summed E-state index contributed by atoms with van der Waals surface area (Å²) in [6.45, 7) is 2.04. The van der Waals surface area contributed by atoms with E-state index in [1.165, 1.54) is 11.6 Å². The molecular weight excluding hydrogens is 228 g/mol. The van der Waals surface area contributed by atoms with Crippen molar-refractivity contribution in [1.29, 1.82) is 0 Å². The molecule has 0 bridgehead atoms. The first-order valence-electron chi connectivity index (χ1n) is 5.70. The van der Waals surface area contributed by atoms with Gasteiger partial charge in [-0.1, -0.05) is 23.8 Å². The van der Waals surface area contributed by atoms with Crippen LogP contribution in [0.4, 0.5) is 0 Å². The summed E-state index contributed by atoms with van der Waals surface area (Å²) < 4.78 is 10.6. The van der Waals surface area contributed by atoms with Crippen molar-refractivity contribution in [3.63, 3.8) is 0 Å². The second-order valence-corrected chi connectivity index (χ2v) is 4.31. The lowest BCUT2D eigenvalue weighted by Crippen LogP contribution is -1.96. The minimum Gasteiger partial charge on any atom is -0.492 e. The quantitative estimate of drug-likeness (QED) is 0.484. The Bertz CT molecular complexity index is 800. The molecule has 3 aromatic rings. The monoisotopic (exact) mass is 240 g/mol. The van der Waals surface area contributed by atoms with Crippen LogP contribution in [0.25, 0.3) is 21.7 Å². The van der Waals surface area contributed by atoms with Gasteiger partial charge in [-0.3, -0.25) is 0 Å². The summed E-state index contributed by atoms with van der Waals surface area (Å²) in [5.41, 5.74) is 1.31. The number of benzene rings is 2. The first kappa shape index (κ1) is 10.8. The van der Waals surface area contributed by atoms with Gasteiger partial charge in [0, 0.05) is 16.8 Å². The highest BCUT2D eigenvalue weighted by Gasteiger charge is 2.10. The fraction of sp³-hybridized carbons (Fsp3) is 0.133. The summed E-state index contributed by atoms with van der Waals surface area (Å²) in [6.07, 6.45) is 0. The normalized spacial score (nSPS) is 11.0. The zero-order chi connectivity index (χ0) is 12.7. The molecule has 0 saturated heterocycles. The largest absolute Gasteiger partial charge is 0.492 e. The van der Waals surface area contributed by atoms with Crippen molar-refractivity contribution in [2.24, 2.45) is 0 Å². The lowest BCUT2D eigenvalue weighted by atomic mass is 10.0. The van der Waals surface area contributed by atoms with Crippen LogP contribution in [0.3, 0.4) is 0 Å². The standard InChI is InChI=1S/C15H12O3/c1-9-3-5-12-11(7-9)8-10-4-6-13(16)18-14(10)15(12)17-2/h3-8H,1-2H3. The smallest absolute Gasteiger partial charge is 0.336 e. The molecular formula is C15H12O3. The summed E-state index contributed by atoms with van der Waals surface area (Å²) in [5.74, 6) is 0.611. The number of ether oxygens (including phenoxy) is 1. The van der Waals surface area contributed by atoms with E-state index in [0.717, 1.165) is 16.2 Å². The Morgan fingerprint density at radius 3 is 2.67 bits per heavy atom. The maximum atomic E-state index is 11.3. The number of methoxy groups -OCH3 is 1. The Morgan fingerprint density at radius 1 is 1.06 bits per heavy atom. The molecule has 0 aliphatic heterocycles. The molecule has 18 heavy (non-hydrogen) atoms. The van der Waals surface area contributed by atoms with Crippen LogP contribution in [-0.4, -0.2) is 7.11 Å². The fourth-order valence-corrected chi connectivity index (χ4v) is 2.22. The van der Waals surface area contributed by atoms with Gasteiger partial charge in [-0.05, 0) is 24.4 Å². The van der Waals surface area contributed by atoms with E-state index in [0.29, 0.717) is 11.3 Å². The highest BCUT2D eigenvalue weighted by atomic mass is 16.5. The van der Waals surface area contributed by atoms with E-state index < -0.39 is 0 Å². The third-order valence-corrected chi connectivity index (χ3v) is 3.04. The minimum atomic E-state index is -0.368.